The standard InChI is InChI=1S/C24H34N8OS/c1-16(2)32-10-6-19(7-11-32)27-23(33)20-15-34-24(28-20)30-21-13-17(3)26-22(29-21)18-5-4-9-31(14-18)12-8-25/h13,15-16,18-19H,4-7,9-12,14H2,1-3H3,(H,27,33)(H,26,28,29,30)/t18-/m0/s1. The van der Waals surface area contributed by atoms with E-state index < -0.39 is 0 Å². The van der Waals surface area contributed by atoms with Crippen LogP contribution in [-0.2, 0) is 0 Å². The third kappa shape index (κ3) is 6.29. The molecule has 34 heavy (non-hydrogen) atoms. The van der Waals surface area contributed by atoms with Crippen LogP contribution in [0, 0.1) is 18.3 Å². The van der Waals surface area contributed by atoms with Crippen LogP contribution < -0.4 is 10.6 Å². The first-order valence-electron chi connectivity index (χ1n) is 12.1. The number of thiazole rings is 1. The number of carbonyl (C=O) groups is 1. The molecule has 4 rings (SSSR count). The number of aromatic nitrogens is 3. The predicted octanol–water partition coefficient (Wildman–Crippen LogP) is 3.29. The molecule has 4 heterocycles. The number of amides is 1. The van der Waals surface area contributed by atoms with Crippen LogP contribution in [0.5, 0.6) is 0 Å². The highest BCUT2D eigenvalue weighted by molar-refractivity contribution is 7.14. The monoisotopic (exact) mass is 482 g/mol. The number of piperidine rings is 2. The molecule has 2 aromatic heterocycles. The molecule has 1 amide bonds. The number of likely N-dealkylation sites (tertiary alicyclic amines) is 2. The van der Waals surface area contributed by atoms with Crippen LogP contribution >= 0.6 is 11.3 Å². The quantitative estimate of drug-likeness (QED) is 0.579. The number of hydrogen-bond acceptors (Lipinski definition) is 9. The smallest absolute Gasteiger partial charge is 0.271 e. The van der Waals surface area contributed by atoms with Gasteiger partial charge in [-0.1, -0.05) is 0 Å². The van der Waals surface area contributed by atoms with E-state index in [0.29, 0.717) is 29.2 Å². The summed E-state index contributed by atoms with van der Waals surface area (Å²) < 4.78 is 0. The van der Waals surface area contributed by atoms with Gasteiger partial charge in [0.15, 0.2) is 5.13 Å². The minimum atomic E-state index is -0.119. The zero-order valence-electron chi connectivity index (χ0n) is 20.3. The Kier molecular flexibility index (Phi) is 8.08. The number of nitrogens with one attached hydrogen (secondary N) is 2. The zero-order valence-corrected chi connectivity index (χ0v) is 21.1. The van der Waals surface area contributed by atoms with Crippen LogP contribution in [-0.4, -0.2) is 75.5 Å². The molecule has 0 saturated carbocycles. The fraction of sp³-hybridized carbons (Fsp3) is 0.625. The van der Waals surface area contributed by atoms with Gasteiger partial charge in [-0.15, -0.1) is 11.3 Å². The first kappa shape index (κ1) is 24.5. The van der Waals surface area contributed by atoms with Gasteiger partial charge in [0.25, 0.3) is 5.91 Å². The fourth-order valence-corrected chi connectivity index (χ4v) is 5.41. The number of carbonyl (C=O) groups excluding carboxylic acids is 1. The van der Waals surface area contributed by atoms with Gasteiger partial charge in [-0.3, -0.25) is 9.69 Å². The Morgan fingerprint density at radius 2 is 2.03 bits per heavy atom. The second-order valence-corrected chi connectivity index (χ2v) is 10.4. The number of hydrogen-bond donors (Lipinski definition) is 2. The lowest BCUT2D eigenvalue weighted by molar-refractivity contribution is 0.0896. The maximum Gasteiger partial charge on any atom is 0.271 e. The summed E-state index contributed by atoms with van der Waals surface area (Å²) in [4.78, 5) is 31.2. The summed E-state index contributed by atoms with van der Waals surface area (Å²) >= 11 is 1.40. The largest absolute Gasteiger partial charge is 0.348 e. The molecule has 182 valence electrons. The molecule has 2 fully saturated rings. The van der Waals surface area contributed by atoms with Crippen molar-refractivity contribution in [2.75, 3.05) is 38.0 Å². The molecule has 2 aliphatic rings. The van der Waals surface area contributed by atoms with E-state index in [1.807, 2.05) is 13.0 Å². The van der Waals surface area contributed by atoms with E-state index in [0.717, 1.165) is 63.4 Å². The van der Waals surface area contributed by atoms with Crippen LogP contribution in [0.2, 0.25) is 0 Å². The van der Waals surface area contributed by atoms with Crippen molar-refractivity contribution in [1.29, 1.82) is 5.26 Å². The normalized spacial score (nSPS) is 20.3. The summed E-state index contributed by atoms with van der Waals surface area (Å²) in [5, 5.41) is 17.9. The molecule has 0 radical (unpaired) electrons. The van der Waals surface area contributed by atoms with E-state index in [4.69, 9.17) is 10.2 Å². The molecule has 9 nitrogen and oxygen atoms in total. The third-order valence-electron chi connectivity index (χ3n) is 6.60. The average molecular weight is 483 g/mol. The van der Waals surface area contributed by atoms with E-state index in [-0.39, 0.29) is 17.9 Å². The molecule has 0 aromatic carbocycles. The Balaban J connectivity index is 1.36. The maximum absolute atomic E-state index is 12.7. The Hall–Kier alpha value is -2.61. The van der Waals surface area contributed by atoms with Gasteiger partial charge in [0.05, 0.1) is 12.6 Å². The average Bonchev–Trinajstić information content (AvgIpc) is 3.28. The Morgan fingerprint density at radius 1 is 1.24 bits per heavy atom. The molecule has 10 heteroatoms. The van der Waals surface area contributed by atoms with Gasteiger partial charge in [-0.25, -0.2) is 15.0 Å². The van der Waals surface area contributed by atoms with Crippen molar-refractivity contribution < 1.29 is 4.79 Å². The molecule has 1 atom stereocenters. The number of rotatable bonds is 7. The van der Waals surface area contributed by atoms with Gasteiger partial charge >= 0.3 is 0 Å². The molecule has 2 N–H and O–H groups in total. The summed E-state index contributed by atoms with van der Waals surface area (Å²) in [5.41, 5.74) is 1.32. The number of nitriles is 1. The van der Waals surface area contributed by atoms with Gasteiger partial charge in [0, 0.05) is 54.8 Å². The van der Waals surface area contributed by atoms with Crippen LogP contribution in [0.1, 0.15) is 67.5 Å². The summed E-state index contributed by atoms with van der Waals surface area (Å²) in [5.74, 6) is 1.57. The van der Waals surface area contributed by atoms with Gasteiger partial charge in [-0.2, -0.15) is 5.26 Å². The third-order valence-corrected chi connectivity index (χ3v) is 7.36. The molecule has 0 unspecified atom stereocenters. The van der Waals surface area contributed by atoms with E-state index in [1.54, 1.807) is 5.38 Å². The summed E-state index contributed by atoms with van der Waals surface area (Å²) in [6.45, 7) is 10.6. The molecule has 2 saturated heterocycles. The van der Waals surface area contributed by atoms with E-state index in [1.165, 1.54) is 11.3 Å². The van der Waals surface area contributed by atoms with Gasteiger partial charge in [-0.05, 0) is 53.0 Å². The van der Waals surface area contributed by atoms with Gasteiger partial charge in [0.2, 0.25) is 0 Å². The minimum absolute atomic E-state index is 0.119. The summed E-state index contributed by atoms with van der Waals surface area (Å²) in [6, 6.07) is 4.87. The lowest BCUT2D eigenvalue weighted by atomic mass is 9.97. The van der Waals surface area contributed by atoms with Crippen molar-refractivity contribution in [2.45, 2.75) is 64.5 Å². The van der Waals surface area contributed by atoms with Crippen molar-refractivity contribution in [3.63, 3.8) is 0 Å². The second kappa shape index (κ2) is 11.2. The summed E-state index contributed by atoms with van der Waals surface area (Å²) in [7, 11) is 0. The van der Waals surface area contributed by atoms with Crippen molar-refractivity contribution in [3.8, 4) is 6.07 Å². The first-order chi connectivity index (χ1) is 16.4. The maximum atomic E-state index is 12.7. The molecule has 0 bridgehead atoms. The predicted molar refractivity (Wildman–Crippen MR) is 133 cm³/mol. The first-order valence-corrected chi connectivity index (χ1v) is 13.0. The Labute approximate surface area is 205 Å². The highest BCUT2D eigenvalue weighted by Gasteiger charge is 2.25. The van der Waals surface area contributed by atoms with E-state index in [2.05, 4.69) is 50.3 Å². The van der Waals surface area contributed by atoms with E-state index in [9.17, 15) is 4.79 Å². The van der Waals surface area contributed by atoms with Crippen molar-refractivity contribution in [2.24, 2.45) is 0 Å². The lowest BCUT2D eigenvalue weighted by Crippen LogP contribution is -2.46. The number of anilines is 2. The Morgan fingerprint density at radius 3 is 2.76 bits per heavy atom. The van der Waals surface area contributed by atoms with Crippen molar-refractivity contribution >= 4 is 28.2 Å². The van der Waals surface area contributed by atoms with E-state index >= 15 is 0 Å². The molecule has 2 aromatic rings. The zero-order chi connectivity index (χ0) is 24.1. The summed E-state index contributed by atoms with van der Waals surface area (Å²) in [6.07, 6.45) is 3.99. The Bertz CT molecular complexity index is 1020. The van der Waals surface area contributed by atoms with Crippen LogP contribution in [0.3, 0.4) is 0 Å². The topological polar surface area (TPSA) is 110 Å². The number of aryl methyl sites for hydroxylation is 1. The lowest BCUT2D eigenvalue weighted by Gasteiger charge is -2.34. The number of nitrogens with zero attached hydrogens (tertiary/aromatic N) is 6. The molecule has 0 spiro atoms. The minimum Gasteiger partial charge on any atom is -0.348 e. The van der Waals surface area contributed by atoms with Crippen LogP contribution in [0.4, 0.5) is 10.9 Å². The highest BCUT2D eigenvalue weighted by Crippen LogP contribution is 2.27. The molecule has 0 aliphatic carbocycles. The molecular weight excluding hydrogens is 448 g/mol. The molecular formula is C24H34N8OS. The van der Waals surface area contributed by atoms with Gasteiger partial charge in [0.1, 0.15) is 17.3 Å². The highest BCUT2D eigenvalue weighted by atomic mass is 32.1. The van der Waals surface area contributed by atoms with Crippen LogP contribution in [0.15, 0.2) is 11.4 Å². The van der Waals surface area contributed by atoms with Crippen molar-refractivity contribution in [1.82, 2.24) is 30.1 Å². The van der Waals surface area contributed by atoms with Gasteiger partial charge < -0.3 is 15.5 Å². The second-order valence-electron chi connectivity index (χ2n) is 9.53. The SMILES string of the molecule is Cc1cc(Nc2nc(C(=O)NC3CCN(C(C)C)CC3)cs2)nc([C@H]2CCCN(CC#N)C2)n1. The molecule has 2 aliphatic heterocycles. The van der Waals surface area contributed by atoms with Crippen LogP contribution in [0.25, 0.3) is 0 Å². The fourth-order valence-electron chi connectivity index (χ4n) is 4.71. The van der Waals surface area contributed by atoms with Crippen molar-refractivity contribution in [3.05, 3.63) is 28.7 Å².